The molecule has 0 spiro atoms. The molecule has 0 saturated heterocycles. The summed E-state index contributed by atoms with van der Waals surface area (Å²) in [6, 6.07) is 6.65. The maximum atomic E-state index is 12.1. The van der Waals surface area contributed by atoms with Crippen LogP contribution in [0.25, 0.3) is 0 Å². The number of nitriles is 1. The van der Waals surface area contributed by atoms with Gasteiger partial charge in [0.25, 0.3) is 5.91 Å². The van der Waals surface area contributed by atoms with E-state index in [0.717, 1.165) is 0 Å². The zero-order valence-corrected chi connectivity index (χ0v) is 10.3. The number of benzene rings is 1. The van der Waals surface area contributed by atoms with Crippen LogP contribution in [0.2, 0.25) is 0 Å². The van der Waals surface area contributed by atoms with E-state index in [0.29, 0.717) is 17.5 Å². The molecular formula is C13H16N2O2. The van der Waals surface area contributed by atoms with Crippen LogP contribution in [0.5, 0.6) is 5.75 Å². The molecule has 1 rings (SSSR count). The summed E-state index contributed by atoms with van der Waals surface area (Å²) in [6.45, 7) is 3.57. The Hall–Kier alpha value is -2.02. The van der Waals surface area contributed by atoms with Gasteiger partial charge in [0.05, 0.1) is 12.5 Å². The summed E-state index contributed by atoms with van der Waals surface area (Å²) >= 11 is 0. The van der Waals surface area contributed by atoms with E-state index in [-0.39, 0.29) is 17.7 Å². The lowest BCUT2D eigenvalue weighted by Gasteiger charge is -2.23. The fourth-order valence-corrected chi connectivity index (χ4v) is 1.46. The highest BCUT2D eigenvalue weighted by atomic mass is 16.3. The van der Waals surface area contributed by atoms with Gasteiger partial charge in [0.1, 0.15) is 5.75 Å². The molecule has 90 valence electrons. The van der Waals surface area contributed by atoms with Gasteiger partial charge in [-0.2, -0.15) is 5.26 Å². The van der Waals surface area contributed by atoms with Crippen molar-refractivity contribution in [2.75, 3.05) is 7.05 Å². The highest BCUT2D eigenvalue weighted by Gasteiger charge is 2.17. The van der Waals surface area contributed by atoms with Crippen LogP contribution in [0.3, 0.4) is 0 Å². The van der Waals surface area contributed by atoms with E-state index in [1.54, 1.807) is 26.1 Å². The van der Waals surface area contributed by atoms with Crippen LogP contribution in [-0.4, -0.2) is 29.0 Å². The average Bonchev–Trinajstić information content (AvgIpc) is 2.31. The van der Waals surface area contributed by atoms with E-state index in [2.05, 4.69) is 0 Å². The van der Waals surface area contributed by atoms with Crippen LogP contribution in [-0.2, 0) is 0 Å². The number of phenols is 1. The standard InChI is InChI=1S/C13H16N2O2/c1-9-8-11(4-5-12(9)16)13(17)15(3)10(2)6-7-14/h4-5,8,10,16H,6H2,1-3H3. The van der Waals surface area contributed by atoms with Gasteiger partial charge in [-0.05, 0) is 37.6 Å². The Bertz CT molecular complexity index is 463. The van der Waals surface area contributed by atoms with Crippen LogP contribution in [0.4, 0.5) is 0 Å². The normalized spacial score (nSPS) is 11.6. The molecule has 0 radical (unpaired) electrons. The van der Waals surface area contributed by atoms with E-state index >= 15 is 0 Å². The van der Waals surface area contributed by atoms with Gasteiger partial charge >= 0.3 is 0 Å². The topological polar surface area (TPSA) is 64.3 Å². The number of hydrogen-bond donors (Lipinski definition) is 1. The number of rotatable bonds is 3. The van der Waals surface area contributed by atoms with E-state index < -0.39 is 0 Å². The summed E-state index contributed by atoms with van der Waals surface area (Å²) in [5, 5.41) is 18.0. The molecule has 0 aliphatic rings. The van der Waals surface area contributed by atoms with Crippen LogP contribution >= 0.6 is 0 Å². The van der Waals surface area contributed by atoms with Crippen molar-refractivity contribution < 1.29 is 9.90 Å². The van der Waals surface area contributed by atoms with Gasteiger partial charge < -0.3 is 10.0 Å². The average molecular weight is 232 g/mol. The van der Waals surface area contributed by atoms with Gasteiger partial charge in [-0.15, -0.1) is 0 Å². The molecule has 0 fully saturated rings. The Labute approximate surface area is 101 Å². The number of hydrogen-bond acceptors (Lipinski definition) is 3. The Kier molecular flexibility index (Phi) is 4.11. The third kappa shape index (κ3) is 2.97. The lowest BCUT2D eigenvalue weighted by Crippen LogP contribution is -2.34. The van der Waals surface area contributed by atoms with Crippen molar-refractivity contribution in [2.24, 2.45) is 0 Å². The number of aryl methyl sites for hydroxylation is 1. The molecular weight excluding hydrogens is 216 g/mol. The largest absolute Gasteiger partial charge is 0.508 e. The molecule has 0 aliphatic heterocycles. The highest BCUT2D eigenvalue weighted by Crippen LogP contribution is 2.18. The fraction of sp³-hybridized carbons (Fsp3) is 0.385. The number of carbonyl (C=O) groups excluding carboxylic acids is 1. The van der Waals surface area contributed by atoms with Crippen LogP contribution < -0.4 is 0 Å². The first-order chi connectivity index (χ1) is 7.97. The summed E-state index contributed by atoms with van der Waals surface area (Å²) in [5.74, 6) is 0.0325. The molecule has 0 saturated carbocycles. The smallest absolute Gasteiger partial charge is 0.253 e. The highest BCUT2D eigenvalue weighted by molar-refractivity contribution is 5.94. The Morgan fingerprint density at radius 1 is 1.59 bits per heavy atom. The molecule has 1 aromatic rings. The molecule has 1 atom stereocenters. The second-order valence-corrected chi connectivity index (χ2v) is 4.13. The minimum absolute atomic E-state index is 0.124. The zero-order valence-electron chi connectivity index (χ0n) is 10.3. The van der Waals surface area contributed by atoms with Crippen molar-refractivity contribution in [3.8, 4) is 11.8 Å². The van der Waals surface area contributed by atoms with Crippen molar-refractivity contribution in [2.45, 2.75) is 26.3 Å². The molecule has 1 unspecified atom stereocenters. The van der Waals surface area contributed by atoms with Gasteiger partial charge in [-0.1, -0.05) is 0 Å². The summed E-state index contributed by atoms with van der Waals surface area (Å²) in [6.07, 6.45) is 0.305. The summed E-state index contributed by atoms with van der Waals surface area (Å²) in [5.41, 5.74) is 1.18. The first-order valence-corrected chi connectivity index (χ1v) is 5.41. The number of amides is 1. The molecule has 17 heavy (non-hydrogen) atoms. The molecule has 1 N–H and O–H groups in total. The molecule has 0 heterocycles. The van der Waals surface area contributed by atoms with Gasteiger partial charge in [0.2, 0.25) is 0 Å². The first kappa shape index (κ1) is 13.0. The number of carbonyl (C=O) groups is 1. The molecule has 4 nitrogen and oxygen atoms in total. The number of nitrogens with zero attached hydrogens (tertiary/aromatic N) is 2. The van der Waals surface area contributed by atoms with E-state index in [9.17, 15) is 9.90 Å². The van der Waals surface area contributed by atoms with E-state index in [1.165, 1.54) is 11.0 Å². The minimum atomic E-state index is -0.143. The summed E-state index contributed by atoms with van der Waals surface area (Å²) in [7, 11) is 1.67. The quantitative estimate of drug-likeness (QED) is 0.867. The van der Waals surface area contributed by atoms with Crippen molar-refractivity contribution in [1.29, 1.82) is 5.26 Å². The summed E-state index contributed by atoms with van der Waals surface area (Å²) < 4.78 is 0. The fourth-order valence-electron chi connectivity index (χ4n) is 1.46. The van der Waals surface area contributed by atoms with Crippen molar-refractivity contribution in [3.63, 3.8) is 0 Å². The van der Waals surface area contributed by atoms with Crippen LogP contribution in [0, 0.1) is 18.3 Å². The third-order valence-electron chi connectivity index (χ3n) is 2.81. The monoisotopic (exact) mass is 232 g/mol. The van der Waals surface area contributed by atoms with Crippen LogP contribution in [0.15, 0.2) is 18.2 Å². The van der Waals surface area contributed by atoms with Crippen LogP contribution in [0.1, 0.15) is 29.3 Å². The van der Waals surface area contributed by atoms with Gasteiger partial charge in [0, 0.05) is 18.7 Å². The van der Waals surface area contributed by atoms with Gasteiger partial charge in [0.15, 0.2) is 0 Å². The SMILES string of the molecule is Cc1cc(C(=O)N(C)C(C)CC#N)ccc1O. The predicted octanol–water partition coefficient (Wildman–Crippen LogP) is 2.07. The maximum Gasteiger partial charge on any atom is 0.253 e. The molecule has 0 bridgehead atoms. The number of phenolic OH excluding ortho intramolecular Hbond substituents is 1. The second-order valence-electron chi connectivity index (χ2n) is 4.13. The Balaban J connectivity index is 2.89. The number of aromatic hydroxyl groups is 1. The first-order valence-electron chi connectivity index (χ1n) is 5.41. The molecule has 0 aromatic heterocycles. The zero-order chi connectivity index (χ0) is 13.0. The second kappa shape index (κ2) is 5.35. The predicted molar refractivity (Wildman–Crippen MR) is 64.6 cm³/mol. The van der Waals surface area contributed by atoms with Crippen molar-refractivity contribution in [1.82, 2.24) is 4.90 Å². The maximum absolute atomic E-state index is 12.1. The Morgan fingerprint density at radius 3 is 2.76 bits per heavy atom. The Morgan fingerprint density at radius 2 is 2.24 bits per heavy atom. The van der Waals surface area contributed by atoms with Gasteiger partial charge in [-0.3, -0.25) is 4.79 Å². The lowest BCUT2D eigenvalue weighted by molar-refractivity contribution is 0.0746. The molecule has 1 aromatic carbocycles. The van der Waals surface area contributed by atoms with Crippen molar-refractivity contribution in [3.05, 3.63) is 29.3 Å². The minimum Gasteiger partial charge on any atom is -0.508 e. The summed E-state index contributed by atoms with van der Waals surface area (Å²) in [4.78, 5) is 13.6. The van der Waals surface area contributed by atoms with E-state index in [4.69, 9.17) is 5.26 Å². The third-order valence-corrected chi connectivity index (χ3v) is 2.81. The molecule has 4 heteroatoms. The molecule has 1 amide bonds. The lowest BCUT2D eigenvalue weighted by atomic mass is 10.1. The molecule has 0 aliphatic carbocycles. The van der Waals surface area contributed by atoms with Crippen molar-refractivity contribution >= 4 is 5.91 Å². The van der Waals surface area contributed by atoms with Gasteiger partial charge in [-0.25, -0.2) is 0 Å². The van der Waals surface area contributed by atoms with E-state index in [1.807, 2.05) is 13.0 Å².